The lowest BCUT2D eigenvalue weighted by Crippen LogP contribution is -2.43. The van der Waals surface area contributed by atoms with Crippen molar-refractivity contribution in [3.63, 3.8) is 0 Å². The summed E-state index contributed by atoms with van der Waals surface area (Å²) in [5, 5.41) is 6.84. The van der Waals surface area contributed by atoms with E-state index in [0.717, 1.165) is 11.3 Å². The molecule has 0 saturated carbocycles. The standard InChI is InChI=1S/C18H21N3O3/c1-13(22)21-9-8-18(12-21,17(23)19-2)11-15-10-16(20-24-15)14-6-4-3-5-7-14/h3-7,10H,8-9,11-12H2,1-2H3,(H,19,23)/t18-/m0/s1. The Balaban J connectivity index is 1.83. The Hall–Kier alpha value is -2.63. The van der Waals surface area contributed by atoms with Crippen LogP contribution in [0.1, 0.15) is 19.1 Å². The normalized spacial score (nSPS) is 20.2. The van der Waals surface area contributed by atoms with E-state index in [1.165, 1.54) is 6.92 Å². The monoisotopic (exact) mass is 327 g/mol. The summed E-state index contributed by atoms with van der Waals surface area (Å²) in [6.45, 7) is 2.52. The molecule has 0 unspecified atom stereocenters. The molecule has 1 aliphatic heterocycles. The molecule has 24 heavy (non-hydrogen) atoms. The van der Waals surface area contributed by atoms with Gasteiger partial charge in [0.25, 0.3) is 0 Å². The van der Waals surface area contributed by atoms with E-state index < -0.39 is 5.41 Å². The Morgan fingerprint density at radius 1 is 1.33 bits per heavy atom. The summed E-state index contributed by atoms with van der Waals surface area (Å²) in [4.78, 5) is 25.8. The molecule has 2 amide bonds. The highest BCUT2D eigenvalue weighted by molar-refractivity contribution is 5.85. The van der Waals surface area contributed by atoms with Crippen molar-refractivity contribution in [1.29, 1.82) is 0 Å². The van der Waals surface area contributed by atoms with Gasteiger partial charge in [-0.05, 0) is 6.42 Å². The van der Waals surface area contributed by atoms with Crippen molar-refractivity contribution in [1.82, 2.24) is 15.4 Å². The van der Waals surface area contributed by atoms with Gasteiger partial charge in [-0.1, -0.05) is 35.5 Å². The Morgan fingerprint density at radius 2 is 2.08 bits per heavy atom. The maximum absolute atomic E-state index is 12.5. The number of carbonyl (C=O) groups excluding carboxylic acids is 2. The lowest BCUT2D eigenvalue weighted by Gasteiger charge is -2.26. The van der Waals surface area contributed by atoms with Crippen molar-refractivity contribution in [2.24, 2.45) is 5.41 Å². The molecule has 0 spiro atoms. The number of benzene rings is 1. The van der Waals surface area contributed by atoms with Crippen LogP contribution in [0, 0.1) is 5.41 Å². The van der Waals surface area contributed by atoms with Crippen LogP contribution in [0.3, 0.4) is 0 Å². The molecule has 1 fully saturated rings. The van der Waals surface area contributed by atoms with Gasteiger partial charge in [0, 0.05) is 45.1 Å². The molecular formula is C18H21N3O3. The van der Waals surface area contributed by atoms with Crippen LogP contribution in [0.4, 0.5) is 0 Å². The minimum absolute atomic E-state index is 0.0108. The molecule has 1 aromatic carbocycles. The topological polar surface area (TPSA) is 75.4 Å². The lowest BCUT2D eigenvalue weighted by molar-refractivity contribution is -0.132. The summed E-state index contributed by atoms with van der Waals surface area (Å²) in [6.07, 6.45) is 1.05. The van der Waals surface area contributed by atoms with Crippen molar-refractivity contribution in [2.45, 2.75) is 19.8 Å². The van der Waals surface area contributed by atoms with E-state index >= 15 is 0 Å². The Morgan fingerprint density at radius 3 is 2.71 bits per heavy atom. The van der Waals surface area contributed by atoms with Crippen LogP contribution in [0.2, 0.25) is 0 Å². The number of nitrogens with zero attached hydrogens (tertiary/aromatic N) is 2. The van der Waals surface area contributed by atoms with E-state index in [4.69, 9.17) is 4.52 Å². The number of likely N-dealkylation sites (tertiary alicyclic amines) is 1. The van der Waals surface area contributed by atoms with Gasteiger partial charge in [-0.15, -0.1) is 0 Å². The lowest BCUT2D eigenvalue weighted by atomic mass is 9.81. The third-order valence-electron chi connectivity index (χ3n) is 4.65. The highest BCUT2D eigenvalue weighted by atomic mass is 16.5. The summed E-state index contributed by atoms with van der Waals surface area (Å²) in [7, 11) is 1.62. The van der Waals surface area contributed by atoms with Crippen molar-refractivity contribution in [2.75, 3.05) is 20.1 Å². The second-order valence-corrected chi connectivity index (χ2v) is 6.27. The van der Waals surface area contributed by atoms with Gasteiger partial charge in [-0.3, -0.25) is 9.59 Å². The number of nitrogens with one attached hydrogen (secondary N) is 1. The van der Waals surface area contributed by atoms with Gasteiger partial charge in [0.2, 0.25) is 11.8 Å². The summed E-state index contributed by atoms with van der Waals surface area (Å²) >= 11 is 0. The van der Waals surface area contributed by atoms with E-state index in [1.807, 2.05) is 36.4 Å². The molecular weight excluding hydrogens is 306 g/mol. The zero-order valence-corrected chi connectivity index (χ0v) is 13.9. The molecule has 0 radical (unpaired) electrons. The summed E-state index contributed by atoms with van der Waals surface area (Å²) in [5.74, 6) is 0.579. The fraction of sp³-hybridized carbons (Fsp3) is 0.389. The SMILES string of the molecule is CNC(=O)[C@]1(Cc2cc(-c3ccccc3)no2)CCN(C(C)=O)C1. The van der Waals surface area contributed by atoms with E-state index in [2.05, 4.69) is 10.5 Å². The first-order valence-corrected chi connectivity index (χ1v) is 8.03. The van der Waals surface area contributed by atoms with Crippen LogP contribution in [0.5, 0.6) is 0 Å². The highest BCUT2D eigenvalue weighted by Gasteiger charge is 2.45. The number of carbonyl (C=O) groups is 2. The highest BCUT2D eigenvalue weighted by Crippen LogP contribution is 2.35. The smallest absolute Gasteiger partial charge is 0.228 e. The molecule has 1 N–H and O–H groups in total. The van der Waals surface area contributed by atoms with Crippen LogP contribution in [0.15, 0.2) is 40.9 Å². The van der Waals surface area contributed by atoms with E-state index in [-0.39, 0.29) is 11.8 Å². The molecule has 6 heteroatoms. The van der Waals surface area contributed by atoms with Gasteiger partial charge in [0.15, 0.2) is 0 Å². The van der Waals surface area contributed by atoms with Crippen molar-refractivity contribution < 1.29 is 14.1 Å². The third-order valence-corrected chi connectivity index (χ3v) is 4.65. The average molecular weight is 327 g/mol. The van der Waals surface area contributed by atoms with E-state index in [0.29, 0.717) is 31.7 Å². The van der Waals surface area contributed by atoms with Gasteiger partial charge in [-0.2, -0.15) is 0 Å². The fourth-order valence-corrected chi connectivity index (χ4v) is 3.29. The average Bonchev–Trinajstić information content (AvgIpc) is 3.23. The molecule has 3 rings (SSSR count). The van der Waals surface area contributed by atoms with Crippen molar-refractivity contribution >= 4 is 11.8 Å². The predicted molar refractivity (Wildman–Crippen MR) is 89.0 cm³/mol. The second-order valence-electron chi connectivity index (χ2n) is 6.27. The second kappa shape index (κ2) is 6.47. The maximum atomic E-state index is 12.5. The van der Waals surface area contributed by atoms with Gasteiger partial charge < -0.3 is 14.7 Å². The molecule has 0 aliphatic carbocycles. The molecule has 2 aromatic rings. The molecule has 0 bridgehead atoms. The number of aromatic nitrogens is 1. The number of hydrogen-bond donors (Lipinski definition) is 1. The van der Waals surface area contributed by atoms with Crippen molar-refractivity contribution in [3.05, 3.63) is 42.2 Å². The van der Waals surface area contributed by atoms with Crippen LogP contribution in [-0.2, 0) is 16.0 Å². The molecule has 1 aliphatic rings. The molecule has 1 saturated heterocycles. The Kier molecular flexibility index (Phi) is 4.38. The summed E-state index contributed by atoms with van der Waals surface area (Å²) in [5.41, 5.74) is 1.06. The molecule has 1 aromatic heterocycles. The van der Waals surface area contributed by atoms with E-state index in [9.17, 15) is 9.59 Å². The fourth-order valence-electron chi connectivity index (χ4n) is 3.29. The largest absolute Gasteiger partial charge is 0.361 e. The van der Waals surface area contributed by atoms with Gasteiger partial charge in [-0.25, -0.2) is 0 Å². The maximum Gasteiger partial charge on any atom is 0.228 e. The third kappa shape index (κ3) is 3.04. The van der Waals surface area contributed by atoms with Crippen molar-refractivity contribution in [3.8, 4) is 11.3 Å². The first-order valence-electron chi connectivity index (χ1n) is 8.03. The zero-order chi connectivity index (χ0) is 17.2. The molecule has 2 heterocycles. The van der Waals surface area contributed by atoms with Crippen LogP contribution in [0.25, 0.3) is 11.3 Å². The molecule has 1 atom stereocenters. The Labute approximate surface area is 140 Å². The number of hydrogen-bond acceptors (Lipinski definition) is 4. The molecule has 6 nitrogen and oxygen atoms in total. The van der Waals surface area contributed by atoms with Gasteiger partial charge >= 0.3 is 0 Å². The Bertz CT molecular complexity index is 741. The number of amides is 2. The van der Waals surface area contributed by atoms with Crippen LogP contribution >= 0.6 is 0 Å². The van der Waals surface area contributed by atoms with E-state index in [1.54, 1.807) is 11.9 Å². The summed E-state index contributed by atoms with van der Waals surface area (Å²) < 4.78 is 5.46. The predicted octanol–water partition coefficient (Wildman–Crippen LogP) is 1.87. The quantitative estimate of drug-likeness (QED) is 0.930. The minimum atomic E-state index is -0.659. The zero-order valence-electron chi connectivity index (χ0n) is 13.9. The minimum Gasteiger partial charge on any atom is -0.361 e. The van der Waals surface area contributed by atoms with Gasteiger partial charge in [0.05, 0.1) is 5.41 Å². The first-order chi connectivity index (χ1) is 11.5. The first kappa shape index (κ1) is 16.2. The van der Waals surface area contributed by atoms with Crippen LogP contribution < -0.4 is 5.32 Å². The van der Waals surface area contributed by atoms with Crippen LogP contribution in [-0.4, -0.2) is 42.0 Å². The van der Waals surface area contributed by atoms with Gasteiger partial charge in [0.1, 0.15) is 11.5 Å². The molecule has 126 valence electrons. The summed E-state index contributed by atoms with van der Waals surface area (Å²) in [6, 6.07) is 11.6. The number of rotatable bonds is 4.